The number of hydrogen-bond acceptors (Lipinski definition) is 6. The highest BCUT2D eigenvalue weighted by Gasteiger charge is 2.07. The zero-order chi connectivity index (χ0) is 17.4. The van der Waals surface area contributed by atoms with Crippen LogP contribution in [0.3, 0.4) is 0 Å². The van der Waals surface area contributed by atoms with Crippen molar-refractivity contribution in [3.8, 4) is 12.0 Å². The Morgan fingerprint density at radius 3 is 2.29 bits per heavy atom. The van der Waals surface area contributed by atoms with Crippen molar-refractivity contribution in [2.24, 2.45) is 0 Å². The van der Waals surface area contributed by atoms with E-state index < -0.39 is 6.09 Å². The molecule has 0 unspecified atom stereocenters. The van der Waals surface area contributed by atoms with Gasteiger partial charge in [-0.1, -0.05) is 24.3 Å². The monoisotopic (exact) mass is 327 g/mol. The summed E-state index contributed by atoms with van der Waals surface area (Å²) in [4.78, 5) is 16.3. The number of nitriles is 1. The molecule has 0 bridgehead atoms. The topological polar surface area (TPSA) is 94.8 Å². The van der Waals surface area contributed by atoms with Gasteiger partial charge in [0, 0.05) is 12.7 Å². The number of nitrogens with one attached hydrogen (secondary N) is 1. The summed E-state index contributed by atoms with van der Waals surface area (Å²) in [5.74, 6) is 0.507. The minimum atomic E-state index is -0.674. The molecular formula is C17H17N3O4. The Balaban J connectivity index is 1.92. The van der Waals surface area contributed by atoms with Crippen molar-refractivity contribution in [3.05, 3.63) is 59.7 Å². The summed E-state index contributed by atoms with van der Waals surface area (Å²) in [7, 11) is 1.44. The molecule has 0 saturated carbocycles. The Hall–Kier alpha value is -3.08. The fourth-order valence-corrected chi connectivity index (χ4v) is 1.98. The van der Waals surface area contributed by atoms with Crippen molar-refractivity contribution in [2.45, 2.75) is 6.42 Å². The number of carbonyl (C=O) groups is 1. The number of nitrogens with zero attached hydrogens (tertiary/aromatic N) is 2. The molecule has 2 N–H and O–H groups in total. The van der Waals surface area contributed by atoms with Gasteiger partial charge in [-0.2, -0.15) is 0 Å². The second-order valence-corrected chi connectivity index (χ2v) is 4.98. The first-order chi connectivity index (χ1) is 11.6. The van der Waals surface area contributed by atoms with Gasteiger partial charge in [0.15, 0.2) is 0 Å². The number of aliphatic hydroxyl groups excluding tert-OH is 1. The van der Waals surface area contributed by atoms with Crippen molar-refractivity contribution in [1.29, 1.82) is 5.26 Å². The van der Waals surface area contributed by atoms with Gasteiger partial charge in [0.05, 0.1) is 0 Å². The van der Waals surface area contributed by atoms with Gasteiger partial charge in [-0.05, 0) is 41.8 Å². The van der Waals surface area contributed by atoms with Crippen LogP contribution in [-0.2, 0) is 11.3 Å². The normalized spacial score (nSPS) is 10.1. The Morgan fingerprint density at radius 2 is 1.75 bits per heavy atom. The average molecular weight is 327 g/mol. The van der Waals surface area contributed by atoms with Crippen molar-refractivity contribution < 1.29 is 19.5 Å². The third kappa shape index (κ3) is 5.28. The molecule has 2 aromatic carbocycles. The van der Waals surface area contributed by atoms with Crippen LogP contribution in [0.25, 0.3) is 0 Å². The molecule has 0 fully saturated rings. The fraction of sp³-hybridized carbons (Fsp3) is 0.176. The molecule has 24 heavy (non-hydrogen) atoms. The molecule has 0 aliphatic carbocycles. The molecule has 2 rings (SSSR count). The minimum absolute atomic E-state index is 0.384. The molecule has 7 heteroatoms. The van der Waals surface area contributed by atoms with Crippen molar-refractivity contribution in [1.82, 2.24) is 5.06 Å². The van der Waals surface area contributed by atoms with Gasteiger partial charge in [0.1, 0.15) is 12.5 Å². The highest BCUT2D eigenvalue weighted by Crippen LogP contribution is 2.17. The molecule has 0 aliphatic heterocycles. The van der Waals surface area contributed by atoms with E-state index in [0.717, 1.165) is 16.2 Å². The van der Waals surface area contributed by atoms with E-state index in [2.05, 4.69) is 5.32 Å². The summed E-state index contributed by atoms with van der Waals surface area (Å²) >= 11 is 0. The molecule has 124 valence electrons. The van der Waals surface area contributed by atoms with Crippen LogP contribution in [0.2, 0.25) is 0 Å². The van der Waals surface area contributed by atoms with Gasteiger partial charge in [0.2, 0.25) is 0 Å². The number of benzene rings is 2. The van der Waals surface area contributed by atoms with E-state index in [1.54, 1.807) is 30.5 Å². The number of rotatable bonds is 6. The summed E-state index contributed by atoms with van der Waals surface area (Å²) in [6.07, 6.45) is 1.67. The number of carbonyl (C=O) groups excluding carboxylic acids is 1. The highest BCUT2D eigenvalue weighted by atomic mass is 16.7. The molecule has 7 nitrogen and oxygen atoms in total. The van der Waals surface area contributed by atoms with Crippen LogP contribution in [0.1, 0.15) is 11.1 Å². The van der Waals surface area contributed by atoms with Crippen LogP contribution in [0, 0.1) is 11.5 Å². The molecular weight excluding hydrogens is 310 g/mol. The first-order valence-corrected chi connectivity index (χ1v) is 7.15. The van der Waals surface area contributed by atoms with Crippen LogP contribution in [0.15, 0.2) is 48.5 Å². The lowest BCUT2D eigenvalue weighted by molar-refractivity contribution is -0.120. The molecule has 2 aromatic rings. The third-order valence-corrected chi connectivity index (χ3v) is 3.13. The van der Waals surface area contributed by atoms with E-state index in [1.165, 1.54) is 7.05 Å². The first-order valence-electron chi connectivity index (χ1n) is 7.15. The molecule has 1 amide bonds. The van der Waals surface area contributed by atoms with Crippen molar-refractivity contribution >= 4 is 11.8 Å². The molecule has 0 atom stereocenters. The van der Waals surface area contributed by atoms with E-state index in [1.807, 2.05) is 24.3 Å². The second kappa shape index (κ2) is 8.53. The molecule has 0 heterocycles. The fourth-order valence-electron chi connectivity index (χ4n) is 1.98. The summed E-state index contributed by atoms with van der Waals surface area (Å²) in [6, 6.07) is 14.6. The molecule has 0 aliphatic rings. The van der Waals surface area contributed by atoms with Gasteiger partial charge in [0.25, 0.3) is 6.26 Å². The minimum Gasteiger partial charge on any atom is -0.388 e. The lowest BCUT2D eigenvalue weighted by Gasteiger charge is -2.13. The van der Waals surface area contributed by atoms with Gasteiger partial charge in [-0.3, -0.25) is 5.32 Å². The Bertz CT molecular complexity index is 708. The smallest absolute Gasteiger partial charge is 0.388 e. The van der Waals surface area contributed by atoms with Crippen molar-refractivity contribution in [3.63, 3.8) is 0 Å². The Labute approximate surface area is 139 Å². The standard InChI is InChI=1S/C17H17N3O4/c1-20(12-21)24-17(22)19-15-6-2-13(3-7-15)10-14-4-8-16(9-5-14)23-11-18/h2-9,21H,10,12H2,1H3,(H,19,22). The van der Waals surface area contributed by atoms with E-state index in [0.29, 0.717) is 17.9 Å². The largest absolute Gasteiger partial charge is 0.430 e. The summed E-state index contributed by atoms with van der Waals surface area (Å²) in [5, 5.41) is 20.8. The van der Waals surface area contributed by atoms with Gasteiger partial charge >= 0.3 is 6.09 Å². The highest BCUT2D eigenvalue weighted by molar-refractivity contribution is 5.84. The van der Waals surface area contributed by atoms with Gasteiger partial charge in [-0.25, -0.2) is 4.79 Å². The SMILES string of the molecule is CN(CO)OC(=O)Nc1ccc(Cc2ccc(OC#N)cc2)cc1. The zero-order valence-corrected chi connectivity index (χ0v) is 13.1. The van der Waals surface area contributed by atoms with Crippen LogP contribution >= 0.6 is 0 Å². The Kier molecular flexibility index (Phi) is 6.14. The zero-order valence-electron chi connectivity index (χ0n) is 13.1. The van der Waals surface area contributed by atoms with E-state index in [9.17, 15) is 4.79 Å². The number of aliphatic hydroxyl groups is 1. The molecule has 0 radical (unpaired) electrons. The second-order valence-electron chi connectivity index (χ2n) is 4.98. The lowest BCUT2D eigenvalue weighted by atomic mass is 10.0. The number of amides is 1. The number of anilines is 1. The maximum atomic E-state index is 11.5. The lowest BCUT2D eigenvalue weighted by Crippen LogP contribution is -2.27. The summed E-state index contributed by atoms with van der Waals surface area (Å²) in [5.41, 5.74) is 2.73. The quantitative estimate of drug-likeness (QED) is 0.481. The van der Waals surface area contributed by atoms with Crippen LogP contribution < -0.4 is 10.1 Å². The third-order valence-electron chi connectivity index (χ3n) is 3.13. The van der Waals surface area contributed by atoms with E-state index in [-0.39, 0.29) is 6.73 Å². The molecule has 0 aromatic heterocycles. The van der Waals surface area contributed by atoms with Gasteiger partial charge < -0.3 is 14.7 Å². The average Bonchev–Trinajstić information content (AvgIpc) is 2.58. The first kappa shape index (κ1) is 17.3. The Morgan fingerprint density at radius 1 is 1.17 bits per heavy atom. The number of hydroxylamine groups is 2. The number of hydrogen-bond donors (Lipinski definition) is 2. The van der Waals surface area contributed by atoms with E-state index in [4.69, 9.17) is 19.9 Å². The van der Waals surface area contributed by atoms with Crippen LogP contribution in [0.4, 0.5) is 10.5 Å². The summed E-state index contributed by atoms with van der Waals surface area (Å²) in [6.45, 7) is -0.384. The van der Waals surface area contributed by atoms with E-state index >= 15 is 0 Å². The predicted molar refractivity (Wildman–Crippen MR) is 86.9 cm³/mol. The predicted octanol–water partition coefficient (Wildman–Crippen LogP) is 2.48. The number of ether oxygens (including phenoxy) is 1. The van der Waals surface area contributed by atoms with Gasteiger partial charge in [-0.15, -0.1) is 10.3 Å². The molecule has 0 spiro atoms. The van der Waals surface area contributed by atoms with Crippen molar-refractivity contribution in [2.75, 3.05) is 19.1 Å². The maximum Gasteiger partial charge on any atom is 0.430 e. The van der Waals surface area contributed by atoms with Crippen LogP contribution in [0.5, 0.6) is 5.75 Å². The molecule has 0 saturated heterocycles. The maximum absolute atomic E-state index is 11.5. The van der Waals surface area contributed by atoms with Crippen LogP contribution in [-0.4, -0.2) is 30.0 Å². The summed E-state index contributed by atoms with van der Waals surface area (Å²) < 4.78 is 4.73.